The predicted molar refractivity (Wildman–Crippen MR) is 73.6 cm³/mol. The smallest absolute Gasteiger partial charge is 0.263 e. The molecule has 20 heavy (non-hydrogen) atoms. The molecular weight excluding hydrogens is 352 g/mol. The molecule has 0 aromatic carbocycles. The van der Waals surface area contributed by atoms with Gasteiger partial charge in [0.25, 0.3) is 10.0 Å². The summed E-state index contributed by atoms with van der Waals surface area (Å²) in [7, 11) is -2.13. The van der Waals surface area contributed by atoms with E-state index in [1.54, 1.807) is 0 Å². The molecule has 1 fully saturated rings. The number of hydrogen-bond donors (Lipinski definition) is 2. The van der Waals surface area contributed by atoms with E-state index in [1.807, 2.05) is 0 Å². The quantitative estimate of drug-likeness (QED) is 0.328. The minimum absolute atomic E-state index is 0.0275. The second kappa shape index (κ2) is 5.66. The normalized spacial score (nSPS) is 19.4. The number of halogens is 1. The first-order chi connectivity index (χ1) is 9.37. The van der Waals surface area contributed by atoms with E-state index in [4.69, 9.17) is 10.9 Å². The molecule has 1 saturated heterocycles. The average Bonchev–Trinajstić information content (AvgIpc) is 2.78. The summed E-state index contributed by atoms with van der Waals surface area (Å²) in [6.45, 7) is 0.613. The van der Waals surface area contributed by atoms with Crippen LogP contribution in [0, 0.1) is 5.92 Å². The van der Waals surface area contributed by atoms with Crippen LogP contribution in [-0.2, 0) is 17.1 Å². The van der Waals surface area contributed by atoms with E-state index >= 15 is 0 Å². The van der Waals surface area contributed by atoms with Gasteiger partial charge in [-0.3, -0.25) is 0 Å². The number of amidine groups is 1. The molecule has 0 amide bonds. The van der Waals surface area contributed by atoms with Crippen molar-refractivity contribution in [2.24, 2.45) is 23.9 Å². The van der Waals surface area contributed by atoms with E-state index in [0.29, 0.717) is 25.9 Å². The Morgan fingerprint density at radius 3 is 2.55 bits per heavy atom. The van der Waals surface area contributed by atoms with Crippen LogP contribution in [0.5, 0.6) is 0 Å². The molecule has 1 aromatic heterocycles. The molecule has 9 nitrogen and oxygen atoms in total. The fraction of sp³-hybridized carbons (Fsp3) is 0.667. The summed E-state index contributed by atoms with van der Waals surface area (Å²) in [6.07, 6.45) is 1.02. The molecule has 0 aliphatic carbocycles. The largest absolute Gasteiger partial charge is 0.409 e. The third-order valence-corrected chi connectivity index (χ3v) is 6.10. The van der Waals surface area contributed by atoms with Crippen molar-refractivity contribution in [2.45, 2.75) is 17.9 Å². The third-order valence-electron chi connectivity index (χ3n) is 3.31. The molecule has 1 aromatic rings. The fourth-order valence-electron chi connectivity index (χ4n) is 2.19. The number of nitrogens with zero attached hydrogens (tertiary/aromatic N) is 5. The van der Waals surface area contributed by atoms with Crippen LogP contribution in [0.1, 0.15) is 12.8 Å². The van der Waals surface area contributed by atoms with Crippen LogP contribution >= 0.6 is 15.9 Å². The van der Waals surface area contributed by atoms with Crippen LogP contribution in [0.15, 0.2) is 14.8 Å². The summed E-state index contributed by atoms with van der Waals surface area (Å²) in [5, 5.41) is 19.0. The van der Waals surface area contributed by atoms with Gasteiger partial charge in [-0.15, -0.1) is 5.10 Å². The van der Waals surface area contributed by atoms with Crippen molar-refractivity contribution in [2.75, 3.05) is 13.1 Å². The first kappa shape index (κ1) is 15.2. The Hall–Kier alpha value is -1.20. The zero-order valence-corrected chi connectivity index (χ0v) is 13.2. The number of hydrogen-bond acceptors (Lipinski definition) is 6. The van der Waals surface area contributed by atoms with Gasteiger partial charge in [0.05, 0.1) is 0 Å². The maximum absolute atomic E-state index is 12.5. The van der Waals surface area contributed by atoms with Gasteiger partial charge in [0.2, 0.25) is 5.03 Å². The Morgan fingerprint density at radius 2 is 2.10 bits per heavy atom. The molecule has 11 heteroatoms. The Bertz CT molecular complexity index is 600. The summed E-state index contributed by atoms with van der Waals surface area (Å²) in [5.74, 6) is 0.0463. The van der Waals surface area contributed by atoms with Crippen molar-refractivity contribution in [1.29, 1.82) is 0 Å². The highest BCUT2D eigenvalue weighted by atomic mass is 79.9. The lowest BCUT2D eigenvalue weighted by atomic mass is 9.97. The molecule has 1 aliphatic rings. The molecule has 0 saturated carbocycles. The van der Waals surface area contributed by atoms with Crippen LogP contribution in [-0.4, -0.2) is 51.8 Å². The Balaban J connectivity index is 2.18. The lowest BCUT2D eigenvalue weighted by molar-refractivity contribution is 0.290. The van der Waals surface area contributed by atoms with Gasteiger partial charge in [-0.2, -0.15) is 4.31 Å². The minimum Gasteiger partial charge on any atom is -0.409 e. The topological polar surface area (TPSA) is 127 Å². The van der Waals surface area contributed by atoms with Crippen LogP contribution < -0.4 is 5.73 Å². The third kappa shape index (κ3) is 2.65. The van der Waals surface area contributed by atoms with Gasteiger partial charge in [0, 0.05) is 26.1 Å². The number of nitrogens with two attached hydrogens (primary N) is 1. The molecule has 0 unspecified atom stereocenters. The summed E-state index contributed by atoms with van der Waals surface area (Å²) in [4.78, 5) is 0. The van der Waals surface area contributed by atoms with Gasteiger partial charge in [-0.05, 0) is 28.8 Å². The molecule has 0 radical (unpaired) electrons. The van der Waals surface area contributed by atoms with Crippen LogP contribution in [0.2, 0.25) is 0 Å². The molecule has 3 N–H and O–H groups in total. The number of piperidine rings is 1. The van der Waals surface area contributed by atoms with E-state index in [2.05, 4.69) is 31.4 Å². The maximum atomic E-state index is 12.5. The highest BCUT2D eigenvalue weighted by Crippen LogP contribution is 2.26. The number of oxime groups is 1. The highest BCUT2D eigenvalue weighted by Gasteiger charge is 2.34. The van der Waals surface area contributed by atoms with Gasteiger partial charge in [-0.1, -0.05) is 10.4 Å². The number of aryl methyl sites for hydroxylation is 1. The summed E-state index contributed by atoms with van der Waals surface area (Å²) >= 11 is 3.09. The first-order valence-electron chi connectivity index (χ1n) is 5.90. The first-order valence-corrected chi connectivity index (χ1v) is 8.14. The van der Waals surface area contributed by atoms with Gasteiger partial charge in [0.15, 0.2) is 4.60 Å². The van der Waals surface area contributed by atoms with E-state index in [-0.39, 0.29) is 21.4 Å². The van der Waals surface area contributed by atoms with Crippen molar-refractivity contribution in [3.05, 3.63) is 4.60 Å². The van der Waals surface area contributed by atoms with Crippen LogP contribution in [0.3, 0.4) is 0 Å². The number of sulfonamides is 1. The number of rotatable bonds is 3. The molecular formula is C9H15BrN6O3S. The van der Waals surface area contributed by atoms with E-state index in [9.17, 15) is 8.42 Å². The summed E-state index contributed by atoms with van der Waals surface area (Å²) < 4.78 is 27.8. The van der Waals surface area contributed by atoms with Gasteiger partial charge in [-0.25, -0.2) is 13.1 Å². The summed E-state index contributed by atoms with van der Waals surface area (Å²) in [6, 6.07) is 0. The standard InChI is InChI=1S/C9H15BrN6O3S/c1-15-9(7(10)12-14-15)20(18,19)16-4-2-6(3-5-16)8(11)13-17/h6,17H,2-5H2,1H3,(H2,11,13). The predicted octanol–water partition coefficient (Wildman–Crippen LogP) is -0.275. The van der Waals surface area contributed by atoms with Crippen molar-refractivity contribution < 1.29 is 13.6 Å². The monoisotopic (exact) mass is 366 g/mol. The maximum Gasteiger partial charge on any atom is 0.263 e. The minimum atomic E-state index is -3.65. The second-order valence-electron chi connectivity index (χ2n) is 4.51. The second-order valence-corrected chi connectivity index (χ2v) is 7.12. The Labute approximate surface area is 124 Å². The van der Waals surface area contributed by atoms with Crippen molar-refractivity contribution in [1.82, 2.24) is 19.3 Å². The highest BCUT2D eigenvalue weighted by molar-refractivity contribution is 9.10. The van der Waals surface area contributed by atoms with Gasteiger partial charge in [0.1, 0.15) is 5.84 Å². The van der Waals surface area contributed by atoms with Crippen molar-refractivity contribution in [3.8, 4) is 0 Å². The number of aromatic nitrogens is 3. The Morgan fingerprint density at radius 1 is 1.50 bits per heavy atom. The van der Waals surface area contributed by atoms with Crippen LogP contribution in [0.25, 0.3) is 0 Å². The molecule has 0 atom stereocenters. The van der Waals surface area contributed by atoms with Gasteiger partial charge < -0.3 is 10.9 Å². The Kier molecular flexibility index (Phi) is 4.30. The molecule has 1 aliphatic heterocycles. The molecule has 0 spiro atoms. The lowest BCUT2D eigenvalue weighted by Crippen LogP contribution is -2.42. The van der Waals surface area contributed by atoms with E-state index in [0.717, 1.165) is 0 Å². The SMILES string of the molecule is Cn1nnc(Br)c1S(=O)(=O)N1CCC(C(N)=NO)CC1. The van der Waals surface area contributed by atoms with E-state index < -0.39 is 10.0 Å². The van der Waals surface area contributed by atoms with Gasteiger partial charge >= 0.3 is 0 Å². The molecule has 2 heterocycles. The zero-order chi connectivity index (χ0) is 14.9. The molecule has 112 valence electrons. The van der Waals surface area contributed by atoms with Crippen LogP contribution in [0.4, 0.5) is 0 Å². The average molecular weight is 367 g/mol. The molecule has 0 bridgehead atoms. The summed E-state index contributed by atoms with van der Waals surface area (Å²) in [5.41, 5.74) is 5.55. The lowest BCUT2D eigenvalue weighted by Gasteiger charge is -2.30. The van der Waals surface area contributed by atoms with Crippen molar-refractivity contribution >= 4 is 31.8 Å². The van der Waals surface area contributed by atoms with Crippen molar-refractivity contribution in [3.63, 3.8) is 0 Å². The zero-order valence-electron chi connectivity index (χ0n) is 10.8. The van der Waals surface area contributed by atoms with E-state index in [1.165, 1.54) is 16.0 Å². The fourth-order valence-corrected chi connectivity index (χ4v) is 4.69. The molecule has 2 rings (SSSR count).